The first-order valence-electron chi connectivity index (χ1n) is 11.1. The number of carbonyl (C=O) groups is 1. The second-order valence-electron chi connectivity index (χ2n) is 8.04. The molecule has 36 heavy (non-hydrogen) atoms. The van der Waals surface area contributed by atoms with Gasteiger partial charge in [0.2, 0.25) is 0 Å². The van der Waals surface area contributed by atoms with Crippen LogP contribution in [-0.2, 0) is 4.74 Å². The number of nitro benzene ring substituents is 2. The number of benzene rings is 4. The second-order valence-corrected chi connectivity index (χ2v) is 8.04. The average molecular weight is 481 g/mol. The number of aromatic amines is 1. The third-order valence-corrected chi connectivity index (χ3v) is 6.04. The lowest BCUT2D eigenvalue weighted by molar-refractivity contribution is -0.384. The zero-order chi connectivity index (χ0) is 25.4. The summed E-state index contributed by atoms with van der Waals surface area (Å²) in [5.74, 6) is -0.656. The summed E-state index contributed by atoms with van der Waals surface area (Å²) in [6, 6.07) is 21.3. The van der Waals surface area contributed by atoms with Crippen molar-refractivity contribution < 1.29 is 19.4 Å². The van der Waals surface area contributed by atoms with E-state index in [1.807, 2.05) is 24.3 Å². The van der Waals surface area contributed by atoms with Crippen LogP contribution in [0.1, 0.15) is 17.3 Å². The summed E-state index contributed by atoms with van der Waals surface area (Å²) in [6.07, 6.45) is 0. The Kier molecular flexibility index (Phi) is 5.65. The molecule has 0 spiro atoms. The van der Waals surface area contributed by atoms with Gasteiger partial charge in [-0.1, -0.05) is 42.5 Å². The minimum absolute atomic E-state index is 0.1000. The van der Waals surface area contributed by atoms with Crippen molar-refractivity contribution in [2.45, 2.75) is 6.92 Å². The van der Waals surface area contributed by atoms with Crippen molar-refractivity contribution >= 4 is 39.1 Å². The van der Waals surface area contributed by atoms with Gasteiger partial charge in [0.15, 0.2) is 0 Å². The van der Waals surface area contributed by atoms with Crippen molar-refractivity contribution in [3.8, 4) is 22.3 Å². The normalized spacial score (nSPS) is 11.0. The molecule has 0 bridgehead atoms. The molecule has 0 aliphatic heterocycles. The van der Waals surface area contributed by atoms with Crippen molar-refractivity contribution in [1.29, 1.82) is 0 Å². The fraction of sp³-hybridized carbons (Fsp3) is 0.0741. The van der Waals surface area contributed by atoms with Crippen molar-refractivity contribution in [3.63, 3.8) is 0 Å². The lowest BCUT2D eigenvalue weighted by atomic mass is 9.89. The molecule has 5 rings (SSSR count). The minimum Gasteiger partial charge on any atom is -0.462 e. The van der Waals surface area contributed by atoms with Crippen LogP contribution < -0.4 is 0 Å². The summed E-state index contributed by atoms with van der Waals surface area (Å²) in [5, 5.41) is 25.2. The molecular weight excluding hydrogens is 462 g/mol. The van der Waals surface area contributed by atoms with Crippen molar-refractivity contribution in [1.82, 2.24) is 4.98 Å². The van der Waals surface area contributed by atoms with E-state index in [2.05, 4.69) is 4.98 Å². The van der Waals surface area contributed by atoms with Gasteiger partial charge in [0, 0.05) is 34.0 Å². The first-order chi connectivity index (χ1) is 17.4. The van der Waals surface area contributed by atoms with Crippen molar-refractivity contribution in [3.05, 3.63) is 105 Å². The molecule has 1 heterocycles. The summed E-state index contributed by atoms with van der Waals surface area (Å²) >= 11 is 0. The lowest BCUT2D eigenvalue weighted by Gasteiger charge is -2.15. The SMILES string of the molecule is CCOC(=O)c1c(-c2ccccc2[N+](=O)[O-])cc(-c2ccccc2[N+](=O)[O-])c2c1[nH]c1ccccc12. The molecule has 9 heteroatoms. The Morgan fingerprint density at radius 1 is 0.806 bits per heavy atom. The summed E-state index contributed by atoms with van der Waals surface area (Å²) in [7, 11) is 0. The van der Waals surface area contributed by atoms with Gasteiger partial charge in [0.1, 0.15) is 0 Å². The molecule has 1 N–H and O–H groups in total. The van der Waals surface area contributed by atoms with Crippen LogP contribution >= 0.6 is 0 Å². The number of hydrogen-bond donors (Lipinski definition) is 1. The number of carbonyl (C=O) groups excluding carboxylic acids is 1. The Labute approximate surface area is 204 Å². The maximum Gasteiger partial charge on any atom is 0.340 e. The number of H-pyrrole nitrogens is 1. The molecule has 0 saturated carbocycles. The molecule has 1 aromatic heterocycles. The zero-order valence-electron chi connectivity index (χ0n) is 19.1. The molecule has 9 nitrogen and oxygen atoms in total. The lowest BCUT2D eigenvalue weighted by Crippen LogP contribution is -2.09. The third kappa shape index (κ3) is 3.63. The van der Waals surface area contributed by atoms with Crippen molar-refractivity contribution in [2.75, 3.05) is 6.61 Å². The van der Waals surface area contributed by atoms with Gasteiger partial charge in [0.25, 0.3) is 11.4 Å². The molecule has 0 aliphatic rings. The van der Waals surface area contributed by atoms with Crippen LogP contribution in [-0.4, -0.2) is 27.4 Å². The van der Waals surface area contributed by atoms with Crippen LogP contribution in [0, 0.1) is 20.2 Å². The number of ether oxygens (including phenoxy) is 1. The van der Waals surface area contributed by atoms with E-state index >= 15 is 0 Å². The molecule has 5 aromatic rings. The molecule has 4 aromatic carbocycles. The Morgan fingerprint density at radius 2 is 1.36 bits per heavy atom. The zero-order valence-corrected chi connectivity index (χ0v) is 19.1. The summed E-state index contributed by atoms with van der Waals surface area (Å²) in [4.78, 5) is 39.4. The standard InChI is InChI=1S/C27H19N3O6/c1-2-36-27(31)25-20(17-10-5-8-14-23(17)30(34)35)15-19(16-9-4-7-13-22(16)29(32)33)24-18-11-3-6-12-21(18)28-26(24)25/h3-15,28H,2H2,1H3. The minimum atomic E-state index is -0.656. The maximum absolute atomic E-state index is 13.3. The summed E-state index contributed by atoms with van der Waals surface area (Å²) in [6.45, 7) is 1.77. The number of nitro groups is 2. The molecule has 178 valence electrons. The van der Waals surface area contributed by atoms with E-state index < -0.39 is 15.8 Å². The first kappa shape index (κ1) is 22.7. The van der Waals surface area contributed by atoms with E-state index in [4.69, 9.17) is 4.74 Å². The van der Waals surface area contributed by atoms with Gasteiger partial charge in [-0.05, 0) is 36.8 Å². The molecule has 0 aliphatic carbocycles. The quantitative estimate of drug-likeness (QED) is 0.164. The summed E-state index contributed by atoms with van der Waals surface area (Å²) in [5.41, 5.74) is 2.13. The summed E-state index contributed by atoms with van der Waals surface area (Å²) < 4.78 is 5.37. The Balaban J connectivity index is 2.02. The number of nitrogens with zero attached hydrogens (tertiary/aromatic N) is 2. The van der Waals surface area contributed by atoms with Crippen LogP contribution in [0.3, 0.4) is 0 Å². The monoisotopic (exact) mass is 481 g/mol. The van der Waals surface area contributed by atoms with E-state index in [1.165, 1.54) is 18.2 Å². The van der Waals surface area contributed by atoms with Crippen molar-refractivity contribution in [2.24, 2.45) is 0 Å². The van der Waals surface area contributed by atoms with Gasteiger partial charge >= 0.3 is 5.97 Å². The molecule has 0 radical (unpaired) electrons. The van der Waals surface area contributed by atoms with Gasteiger partial charge in [-0.25, -0.2) is 4.79 Å². The van der Waals surface area contributed by atoms with E-state index in [0.717, 1.165) is 5.39 Å². The molecule has 0 saturated heterocycles. The van der Waals surface area contributed by atoms with Crippen LogP contribution in [0.25, 0.3) is 44.1 Å². The smallest absolute Gasteiger partial charge is 0.340 e. The Morgan fingerprint density at radius 3 is 1.97 bits per heavy atom. The molecule has 0 amide bonds. The fourth-order valence-electron chi connectivity index (χ4n) is 4.59. The average Bonchev–Trinajstić information content (AvgIpc) is 3.27. The van der Waals surface area contributed by atoms with Crippen LogP contribution in [0.15, 0.2) is 78.9 Å². The third-order valence-electron chi connectivity index (χ3n) is 6.04. The molecule has 0 fully saturated rings. The van der Waals surface area contributed by atoms with E-state index in [0.29, 0.717) is 27.5 Å². The second kappa shape index (κ2) is 8.95. The van der Waals surface area contributed by atoms with Gasteiger partial charge in [-0.3, -0.25) is 20.2 Å². The van der Waals surface area contributed by atoms with E-state index in [9.17, 15) is 25.0 Å². The predicted octanol–water partition coefficient (Wildman–Crippen LogP) is 6.65. The van der Waals surface area contributed by atoms with Gasteiger partial charge in [0.05, 0.1) is 38.7 Å². The number of nitrogens with one attached hydrogen (secondary N) is 1. The van der Waals surface area contributed by atoms with Crippen LogP contribution in [0.5, 0.6) is 0 Å². The topological polar surface area (TPSA) is 128 Å². The highest BCUT2D eigenvalue weighted by molar-refractivity contribution is 6.22. The highest BCUT2D eigenvalue weighted by Crippen LogP contribution is 2.45. The number of rotatable bonds is 6. The number of aromatic nitrogens is 1. The number of fused-ring (bicyclic) bond motifs is 3. The van der Waals surface area contributed by atoms with Gasteiger partial charge < -0.3 is 9.72 Å². The highest BCUT2D eigenvalue weighted by Gasteiger charge is 2.29. The molecular formula is C27H19N3O6. The van der Waals surface area contributed by atoms with Crippen LogP contribution in [0.2, 0.25) is 0 Å². The van der Waals surface area contributed by atoms with Gasteiger partial charge in [-0.15, -0.1) is 0 Å². The number of para-hydroxylation sites is 3. The maximum atomic E-state index is 13.3. The Hall–Kier alpha value is -5.05. The number of esters is 1. The first-order valence-corrected chi connectivity index (χ1v) is 11.1. The van der Waals surface area contributed by atoms with E-state index in [-0.39, 0.29) is 34.7 Å². The molecule has 0 unspecified atom stereocenters. The highest BCUT2D eigenvalue weighted by atomic mass is 16.6. The molecule has 0 atom stereocenters. The fourth-order valence-corrected chi connectivity index (χ4v) is 4.59. The Bertz CT molecular complexity index is 1690. The number of hydrogen-bond acceptors (Lipinski definition) is 6. The van der Waals surface area contributed by atoms with Crippen LogP contribution in [0.4, 0.5) is 11.4 Å². The predicted molar refractivity (Wildman–Crippen MR) is 136 cm³/mol. The van der Waals surface area contributed by atoms with E-state index in [1.54, 1.807) is 43.3 Å². The largest absolute Gasteiger partial charge is 0.462 e. The van der Waals surface area contributed by atoms with Gasteiger partial charge in [-0.2, -0.15) is 0 Å².